The second-order valence-corrected chi connectivity index (χ2v) is 6.84. The van der Waals surface area contributed by atoms with Crippen LogP contribution in [-0.2, 0) is 9.53 Å². The van der Waals surface area contributed by atoms with E-state index in [1.807, 2.05) is 38.1 Å². The lowest BCUT2D eigenvalue weighted by Gasteiger charge is -2.17. The number of carbonyl (C=O) groups is 1. The fourth-order valence-corrected chi connectivity index (χ4v) is 3.43. The average molecular weight is 350 g/mol. The molecule has 0 saturated carbocycles. The van der Waals surface area contributed by atoms with Gasteiger partial charge in [-0.3, -0.25) is 5.32 Å². The third-order valence-electron chi connectivity index (χ3n) is 4.53. The third kappa shape index (κ3) is 3.84. The van der Waals surface area contributed by atoms with E-state index < -0.39 is 12.3 Å². The van der Waals surface area contributed by atoms with Crippen LogP contribution in [0.1, 0.15) is 37.3 Å². The molecule has 0 fully saturated rings. The van der Waals surface area contributed by atoms with Gasteiger partial charge in [-0.15, -0.1) is 0 Å². The van der Waals surface area contributed by atoms with Crippen LogP contribution in [-0.4, -0.2) is 24.9 Å². The SMILES string of the molecule is CC(C)C[C@@H](N=C=O)NC(=O)OCC1c2ccccc2-c2ccccc21. The smallest absolute Gasteiger partial charge is 0.408 e. The van der Waals surface area contributed by atoms with E-state index >= 15 is 0 Å². The summed E-state index contributed by atoms with van der Waals surface area (Å²) in [6.45, 7) is 4.22. The number of rotatable bonds is 6. The Hall–Kier alpha value is -2.91. The number of hydrogen-bond acceptors (Lipinski definition) is 4. The van der Waals surface area contributed by atoms with Crippen molar-refractivity contribution < 1.29 is 14.3 Å². The van der Waals surface area contributed by atoms with Crippen LogP contribution in [0.2, 0.25) is 0 Å². The molecule has 2 aromatic rings. The van der Waals surface area contributed by atoms with Crippen LogP contribution in [0.4, 0.5) is 4.79 Å². The van der Waals surface area contributed by atoms with Crippen molar-refractivity contribution in [3.8, 4) is 11.1 Å². The Kier molecular flexibility index (Phi) is 5.49. The zero-order valence-electron chi connectivity index (χ0n) is 14.9. The molecule has 0 aromatic heterocycles. The van der Waals surface area contributed by atoms with Crippen molar-refractivity contribution in [1.29, 1.82) is 0 Å². The topological polar surface area (TPSA) is 67.8 Å². The minimum Gasteiger partial charge on any atom is -0.449 e. The summed E-state index contributed by atoms with van der Waals surface area (Å²) in [6.07, 6.45) is 0.881. The van der Waals surface area contributed by atoms with Crippen molar-refractivity contribution in [2.75, 3.05) is 6.61 Å². The number of aliphatic imine (C=N–C) groups is 1. The molecule has 1 aliphatic rings. The van der Waals surface area contributed by atoms with Crippen molar-refractivity contribution in [3.05, 3.63) is 59.7 Å². The van der Waals surface area contributed by atoms with Crippen molar-refractivity contribution >= 4 is 12.2 Å². The van der Waals surface area contributed by atoms with Crippen LogP contribution in [0.3, 0.4) is 0 Å². The third-order valence-corrected chi connectivity index (χ3v) is 4.53. The molecule has 0 radical (unpaired) electrons. The summed E-state index contributed by atoms with van der Waals surface area (Å²) in [5, 5.41) is 2.63. The van der Waals surface area contributed by atoms with Gasteiger partial charge in [-0.1, -0.05) is 62.4 Å². The second-order valence-electron chi connectivity index (χ2n) is 6.84. The summed E-state index contributed by atoms with van der Waals surface area (Å²) in [4.78, 5) is 26.3. The van der Waals surface area contributed by atoms with E-state index in [-0.39, 0.29) is 18.4 Å². The molecule has 0 aliphatic heterocycles. The Morgan fingerprint density at radius 1 is 1.12 bits per heavy atom. The molecule has 26 heavy (non-hydrogen) atoms. The molecule has 2 aromatic carbocycles. The molecule has 0 bridgehead atoms. The van der Waals surface area contributed by atoms with E-state index in [2.05, 4.69) is 34.6 Å². The zero-order valence-corrected chi connectivity index (χ0v) is 14.9. The molecule has 1 N–H and O–H groups in total. The maximum absolute atomic E-state index is 12.2. The quantitative estimate of drug-likeness (QED) is 0.626. The molecule has 5 heteroatoms. The molecule has 5 nitrogen and oxygen atoms in total. The molecule has 1 atom stereocenters. The zero-order chi connectivity index (χ0) is 18.5. The van der Waals surface area contributed by atoms with Crippen molar-refractivity contribution in [2.45, 2.75) is 32.4 Å². The fourth-order valence-electron chi connectivity index (χ4n) is 3.43. The first-order valence-corrected chi connectivity index (χ1v) is 8.78. The molecule has 134 valence electrons. The number of amides is 1. The lowest BCUT2D eigenvalue weighted by atomic mass is 9.98. The lowest BCUT2D eigenvalue weighted by molar-refractivity contribution is 0.138. The van der Waals surface area contributed by atoms with Crippen LogP contribution in [0.25, 0.3) is 11.1 Å². The Morgan fingerprint density at radius 3 is 2.23 bits per heavy atom. The number of alkyl carbamates (subject to hydrolysis) is 1. The summed E-state index contributed by atoms with van der Waals surface area (Å²) in [5.74, 6) is 0.289. The van der Waals surface area contributed by atoms with Crippen LogP contribution in [0, 0.1) is 5.92 Å². The highest BCUT2D eigenvalue weighted by atomic mass is 16.5. The molecule has 3 rings (SSSR count). The molecule has 0 unspecified atom stereocenters. The second kappa shape index (κ2) is 7.98. The lowest BCUT2D eigenvalue weighted by Crippen LogP contribution is -2.35. The summed E-state index contributed by atoms with van der Waals surface area (Å²) in [7, 11) is 0. The van der Waals surface area contributed by atoms with Gasteiger partial charge in [0.15, 0.2) is 0 Å². The number of nitrogens with one attached hydrogen (secondary N) is 1. The maximum Gasteiger partial charge on any atom is 0.408 e. The summed E-state index contributed by atoms with van der Waals surface area (Å²) in [6, 6.07) is 16.3. The normalized spacial score (nSPS) is 13.5. The van der Waals surface area contributed by atoms with E-state index in [0.29, 0.717) is 6.42 Å². The predicted octanol–water partition coefficient (Wildman–Crippen LogP) is 4.23. The van der Waals surface area contributed by atoms with Gasteiger partial charge >= 0.3 is 6.09 Å². The van der Waals surface area contributed by atoms with Crippen LogP contribution < -0.4 is 5.32 Å². The number of carbonyl (C=O) groups excluding carboxylic acids is 2. The molecule has 0 heterocycles. The number of nitrogens with zero attached hydrogens (tertiary/aromatic N) is 1. The largest absolute Gasteiger partial charge is 0.449 e. The summed E-state index contributed by atoms with van der Waals surface area (Å²) in [5.41, 5.74) is 4.68. The molecular weight excluding hydrogens is 328 g/mol. The van der Waals surface area contributed by atoms with E-state index in [4.69, 9.17) is 4.74 Å². The predicted molar refractivity (Wildman–Crippen MR) is 99.6 cm³/mol. The van der Waals surface area contributed by atoms with Crippen LogP contribution >= 0.6 is 0 Å². The standard InChI is InChI=1S/C21H22N2O3/c1-14(2)11-20(22-13-24)23-21(25)26-12-19-17-9-5-3-7-15(17)16-8-4-6-10-18(16)19/h3-10,14,19-20H,11-12H2,1-2H3,(H,23,25)/t20-/m0/s1. The number of isocyanates is 1. The Labute approximate surface area is 153 Å². The van der Waals surface area contributed by atoms with Crippen LogP contribution in [0.5, 0.6) is 0 Å². The summed E-state index contributed by atoms with van der Waals surface area (Å²) >= 11 is 0. The maximum atomic E-state index is 12.2. The number of ether oxygens (including phenoxy) is 1. The van der Waals surface area contributed by atoms with Crippen molar-refractivity contribution in [1.82, 2.24) is 5.32 Å². The van der Waals surface area contributed by atoms with E-state index in [1.165, 1.54) is 17.2 Å². The van der Waals surface area contributed by atoms with E-state index in [0.717, 1.165) is 11.1 Å². The number of benzene rings is 2. The van der Waals surface area contributed by atoms with Gasteiger partial charge < -0.3 is 4.74 Å². The van der Waals surface area contributed by atoms with Gasteiger partial charge in [0, 0.05) is 5.92 Å². The van der Waals surface area contributed by atoms with Crippen molar-refractivity contribution in [2.24, 2.45) is 10.9 Å². The highest BCUT2D eigenvalue weighted by Gasteiger charge is 2.29. The Balaban J connectivity index is 1.70. The van der Waals surface area contributed by atoms with E-state index in [9.17, 15) is 9.59 Å². The molecular formula is C21H22N2O3. The highest BCUT2D eigenvalue weighted by Crippen LogP contribution is 2.44. The minimum absolute atomic E-state index is 0.00581. The van der Waals surface area contributed by atoms with Gasteiger partial charge in [0.2, 0.25) is 6.08 Å². The molecule has 0 spiro atoms. The highest BCUT2D eigenvalue weighted by molar-refractivity contribution is 5.79. The summed E-state index contributed by atoms with van der Waals surface area (Å²) < 4.78 is 5.46. The van der Waals surface area contributed by atoms with Gasteiger partial charge in [0.25, 0.3) is 0 Å². The number of hydrogen-bond donors (Lipinski definition) is 1. The van der Waals surface area contributed by atoms with Crippen LogP contribution in [0.15, 0.2) is 53.5 Å². The number of fused-ring (bicyclic) bond motifs is 3. The van der Waals surface area contributed by atoms with Gasteiger partial charge in [0.1, 0.15) is 12.8 Å². The molecule has 1 amide bonds. The fraction of sp³-hybridized carbons (Fsp3) is 0.333. The molecule has 1 aliphatic carbocycles. The van der Waals surface area contributed by atoms with E-state index in [1.54, 1.807) is 0 Å². The first-order valence-electron chi connectivity index (χ1n) is 8.78. The first-order chi connectivity index (χ1) is 12.6. The van der Waals surface area contributed by atoms with Gasteiger partial charge in [-0.2, -0.15) is 4.99 Å². The van der Waals surface area contributed by atoms with Gasteiger partial charge in [-0.25, -0.2) is 9.59 Å². The van der Waals surface area contributed by atoms with Gasteiger partial charge in [0.05, 0.1) is 0 Å². The Morgan fingerprint density at radius 2 is 1.69 bits per heavy atom. The minimum atomic E-state index is -0.608. The monoisotopic (exact) mass is 350 g/mol. The first kappa shape index (κ1) is 17.9. The van der Waals surface area contributed by atoms with Gasteiger partial charge in [-0.05, 0) is 34.6 Å². The Bertz CT molecular complexity index is 795. The average Bonchev–Trinajstić information content (AvgIpc) is 2.94. The molecule has 0 saturated heterocycles. The van der Waals surface area contributed by atoms with Crippen molar-refractivity contribution in [3.63, 3.8) is 0 Å².